The van der Waals surface area contributed by atoms with Crippen molar-refractivity contribution in [2.75, 3.05) is 7.11 Å². The van der Waals surface area contributed by atoms with E-state index >= 15 is 0 Å². The normalized spacial score (nSPS) is 12.7. The van der Waals surface area contributed by atoms with Crippen molar-refractivity contribution in [3.05, 3.63) is 33.8 Å². The van der Waals surface area contributed by atoms with Crippen molar-refractivity contribution in [1.29, 1.82) is 0 Å². The number of hydrogen-bond acceptors (Lipinski definition) is 4. The highest BCUT2D eigenvalue weighted by Crippen LogP contribution is 2.31. The van der Waals surface area contributed by atoms with Gasteiger partial charge in [0.1, 0.15) is 5.69 Å². The van der Waals surface area contributed by atoms with Crippen LogP contribution >= 0.6 is 11.3 Å². The Morgan fingerprint density at radius 1 is 1.53 bits per heavy atom. The van der Waals surface area contributed by atoms with Crippen molar-refractivity contribution in [2.45, 2.75) is 26.4 Å². The first kappa shape index (κ1) is 12.1. The SMILES string of the molecule is CCn1ncc(OC)c1C(N)c1cscc1C. The minimum absolute atomic E-state index is 0.182. The fraction of sp³-hybridized carbons (Fsp3) is 0.417. The molecule has 0 fully saturated rings. The topological polar surface area (TPSA) is 53.1 Å². The molecule has 2 heterocycles. The summed E-state index contributed by atoms with van der Waals surface area (Å²) in [6.07, 6.45) is 1.72. The zero-order chi connectivity index (χ0) is 12.4. The Kier molecular flexibility index (Phi) is 3.49. The summed E-state index contributed by atoms with van der Waals surface area (Å²) in [5.41, 5.74) is 9.62. The van der Waals surface area contributed by atoms with E-state index in [-0.39, 0.29) is 6.04 Å². The third kappa shape index (κ3) is 2.08. The van der Waals surface area contributed by atoms with E-state index in [0.717, 1.165) is 23.6 Å². The first-order valence-corrected chi connectivity index (χ1v) is 6.51. The molecule has 2 aromatic rings. The molecule has 1 atom stereocenters. The molecule has 1 unspecified atom stereocenters. The van der Waals surface area contributed by atoms with Gasteiger partial charge < -0.3 is 10.5 Å². The van der Waals surface area contributed by atoms with Crippen LogP contribution in [0, 0.1) is 6.92 Å². The monoisotopic (exact) mass is 251 g/mol. The second-order valence-corrected chi connectivity index (χ2v) is 4.65. The lowest BCUT2D eigenvalue weighted by molar-refractivity contribution is 0.404. The van der Waals surface area contributed by atoms with Crippen LogP contribution in [0.2, 0.25) is 0 Å². The first-order chi connectivity index (χ1) is 8.19. The van der Waals surface area contributed by atoms with Gasteiger partial charge in [0.2, 0.25) is 0 Å². The third-order valence-electron chi connectivity index (χ3n) is 2.89. The molecule has 0 radical (unpaired) electrons. The fourth-order valence-electron chi connectivity index (χ4n) is 1.94. The van der Waals surface area contributed by atoms with E-state index in [4.69, 9.17) is 10.5 Å². The summed E-state index contributed by atoms with van der Waals surface area (Å²) < 4.78 is 7.22. The van der Waals surface area contributed by atoms with Gasteiger partial charge in [-0.1, -0.05) is 0 Å². The number of nitrogens with two attached hydrogens (primary N) is 1. The Morgan fingerprint density at radius 2 is 2.29 bits per heavy atom. The second kappa shape index (κ2) is 4.89. The predicted octanol–water partition coefficient (Wildman–Crippen LogP) is 2.33. The molecule has 5 heteroatoms. The molecule has 0 aliphatic heterocycles. The van der Waals surface area contributed by atoms with Crippen molar-refractivity contribution in [3.63, 3.8) is 0 Å². The molecule has 0 amide bonds. The van der Waals surface area contributed by atoms with E-state index in [1.807, 2.05) is 11.6 Å². The van der Waals surface area contributed by atoms with Crippen molar-refractivity contribution < 1.29 is 4.74 Å². The van der Waals surface area contributed by atoms with E-state index in [9.17, 15) is 0 Å². The highest BCUT2D eigenvalue weighted by atomic mass is 32.1. The number of hydrogen-bond donors (Lipinski definition) is 1. The van der Waals surface area contributed by atoms with Gasteiger partial charge in [0.05, 0.1) is 19.3 Å². The van der Waals surface area contributed by atoms with Crippen LogP contribution in [-0.2, 0) is 6.54 Å². The zero-order valence-corrected chi connectivity index (χ0v) is 11.1. The largest absolute Gasteiger partial charge is 0.493 e. The van der Waals surface area contributed by atoms with Gasteiger partial charge in [0.15, 0.2) is 5.75 Å². The van der Waals surface area contributed by atoms with Gasteiger partial charge in [-0.2, -0.15) is 16.4 Å². The highest BCUT2D eigenvalue weighted by molar-refractivity contribution is 7.08. The number of nitrogens with zero attached hydrogens (tertiary/aromatic N) is 2. The van der Waals surface area contributed by atoms with Gasteiger partial charge in [-0.15, -0.1) is 0 Å². The minimum atomic E-state index is -0.182. The molecule has 2 aromatic heterocycles. The molecule has 2 N–H and O–H groups in total. The lowest BCUT2D eigenvalue weighted by Gasteiger charge is -2.15. The van der Waals surface area contributed by atoms with Crippen LogP contribution in [0.5, 0.6) is 5.75 Å². The Hall–Kier alpha value is -1.33. The van der Waals surface area contributed by atoms with Crippen LogP contribution in [-0.4, -0.2) is 16.9 Å². The van der Waals surface area contributed by atoms with Crippen LogP contribution in [0.3, 0.4) is 0 Å². The van der Waals surface area contributed by atoms with Gasteiger partial charge in [0, 0.05) is 6.54 Å². The average Bonchev–Trinajstić information content (AvgIpc) is 2.93. The molecular weight excluding hydrogens is 234 g/mol. The summed E-state index contributed by atoms with van der Waals surface area (Å²) in [5.74, 6) is 0.755. The second-order valence-electron chi connectivity index (χ2n) is 3.90. The molecule has 0 bridgehead atoms. The minimum Gasteiger partial charge on any atom is -0.493 e. The van der Waals surface area contributed by atoms with E-state index in [0.29, 0.717) is 0 Å². The molecule has 0 aliphatic rings. The molecule has 0 aliphatic carbocycles. The number of ether oxygens (including phenoxy) is 1. The van der Waals surface area contributed by atoms with Gasteiger partial charge in [0.25, 0.3) is 0 Å². The highest BCUT2D eigenvalue weighted by Gasteiger charge is 2.21. The third-order valence-corrected chi connectivity index (χ3v) is 3.77. The van der Waals surface area contributed by atoms with Gasteiger partial charge >= 0.3 is 0 Å². The summed E-state index contributed by atoms with van der Waals surface area (Å²) in [7, 11) is 1.65. The maximum absolute atomic E-state index is 6.32. The van der Waals surface area contributed by atoms with Crippen LogP contribution < -0.4 is 10.5 Å². The Balaban J connectivity index is 2.45. The first-order valence-electron chi connectivity index (χ1n) is 5.57. The molecule has 0 aromatic carbocycles. The Labute approximate surface area is 105 Å². The van der Waals surface area contributed by atoms with Crippen molar-refractivity contribution in [1.82, 2.24) is 9.78 Å². The van der Waals surface area contributed by atoms with Crippen molar-refractivity contribution >= 4 is 11.3 Å². The molecule has 0 saturated carbocycles. The van der Waals surface area contributed by atoms with Crippen molar-refractivity contribution in [3.8, 4) is 5.75 Å². The summed E-state index contributed by atoms with van der Waals surface area (Å²) >= 11 is 1.67. The lowest BCUT2D eigenvalue weighted by Crippen LogP contribution is -2.18. The quantitative estimate of drug-likeness (QED) is 0.907. The van der Waals surface area contributed by atoms with Gasteiger partial charge in [-0.25, -0.2) is 0 Å². The molecule has 0 saturated heterocycles. The molecule has 0 spiro atoms. The molecule has 17 heavy (non-hydrogen) atoms. The van der Waals surface area contributed by atoms with E-state index in [1.165, 1.54) is 5.56 Å². The Morgan fingerprint density at radius 3 is 2.82 bits per heavy atom. The van der Waals surface area contributed by atoms with Crippen LogP contribution in [0.25, 0.3) is 0 Å². The molecule has 92 valence electrons. The number of aromatic nitrogens is 2. The van der Waals surface area contributed by atoms with Crippen molar-refractivity contribution in [2.24, 2.45) is 5.73 Å². The van der Waals surface area contributed by atoms with Crippen LogP contribution in [0.1, 0.15) is 29.8 Å². The van der Waals surface area contributed by atoms with Gasteiger partial charge in [-0.05, 0) is 35.7 Å². The zero-order valence-electron chi connectivity index (χ0n) is 10.3. The predicted molar refractivity (Wildman–Crippen MR) is 69.5 cm³/mol. The molecular formula is C12H17N3OS. The maximum Gasteiger partial charge on any atom is 0.161 e. The summed E-state index contributed by atoms with van der Waals surface area (Å²) in [6, 6.07) is -0.182. The van der Waals surface area contributed by atoms with Crippen LogP contribution in [0.15, 0.2) is 17.0 Å². The molecule has 2 rings (SSSR count). The number of thiophene rings is 1. The lowest BCUT2D eigenvalue weighted by atomic mass is 10.0. The Bertz CT molecular complexity index is 482. The summed E-state index contributed by atoms with van der Waals surface area (Å²) in [5, 5.41) is 8.48. The maximum atomic E-state index is 6.32. The molecule has 4 nitrogen and oxygen atoms in total. The standard InChI is InChI=1S/C12H17N3OS/c1-4-15-12(10(16-3)5-14-15)11(13)9-7-17-6-8(9)2/h5-7,11H,4,13H2,1-3H3. The van der Waals surface area contributed by atoms with Crippen LogP contribution in [0.4, 0.5) is 0 Å². The summed E-state index contributed by atoms with van der Waals surface area (Å²) in [4.78, 5) is 0. The fourth-order valence-corrected chi connectivity index (χ4v) is 2.82. The smallest absolute Gasteiger partial charge is 0.161 e. The number of aryl methyl sites for hydroxylation is 2. The van der Waals surface area contributed by atoms with E-state index in [1.54, 1.807) is 24.6 Å². The summed E-state index contributed by atoms with van der Waals surface area (Å²) in [6.45, 7) is 4.91. The number of rotatable bonds is 4. The van der Waals surface area contributed by atoms with Gasteiger partial charge in [-0.3, -0.25) is 4.68 Å². The number of methoxy groups -OCH3 is 1. The van der Waals surface area contributed by atoms with E-state index < -0.39 is 0 Å². The van der Waals surface area contributed by atoms with E-state index in [2.05, 4.69) is 22.8 Å². The average molecular weight is 251 g/mol.